The van der Waals surface area contributed by atoms with Crippen molar-refractivity contribution in [3.63, 3.8) is 0 Å². The number of para-hydroxylation sites is 1. The lowest BCUT2D eigenvalue weighted by Crippen LogP contribution is -2.08. The highest BCUT2D eigenvalue weighted by Gasteiger charge is 2.12. The fourth-order valence-corrected chi connectivity index (χ4v) is 2.03. The summed E-state index contributed by atoms with van der Waals surface area (Å²) < 4.78 is 4.67. The molecular formula is C16H19N3O2. The molecule has 0 fully saturated rings. The SMILES string of the molecule is COC(=O)c1ccc(N)c(Nc2ccccc2C(C)C)n1. The summed E-state index contributed by atoms with van der Waals surface area (Å²) in [4.78, 5) is 15.8. The number of rotatable bonds is 4. The number of nitrogens with two attached hydrogens (primary N) is 1. The molecule has 1 aromatic carbocycles. The van der Waals surface area contributed by atoms with Gasteiger partial charge in [0, 0.05) is 5.69 Å². The van der Waals surface area contributed by atoms with Crippen molar-refractivity contribution in [2.45, 2.75) is 19.8 Å². The molecule has 0 amide bonds. The van der Waals surface area contributed by atoms with Gasteiger partial charge in [-0.05, 0) is 29.7 Å². The first-order valence-electron chi connectivity index (χ1n) is 6.73. The van der Waals surface area contributed by atoms with Gasteiger partial charge in [0.15, 0.2) is 11.5 Å². The molecule has 2 rings (SSSR count). The Morgan fingerprint density at radius 2 is 1.95 bits per heavy atom. The van der Waals surface area contributed by atoms with Crippen LogP contribution in [0.15, 0.2) is 36.4 Å². The third kappa shape index (κ3) is 3.31. The molecule has 1 aromatic heterocycles. The topological polar surface area (TPSA) is 77.2 Å². The van der Waals surface area contributed by atoms with Crippen LogP contribution < -0.4 is 11.1 Å². The number of nitrogen functional groups attached to an aromatic ring is 1. The number of methoxy groups -OCH3 is 1. The van der Waals surface area contributed by atoms with Gasteiger partial charge in [-0.15, -0.1) is 0 Å². The Balaban J connectivity index is 2.38. The fraction of sp³-hybridized carbons (Fsp3) is 0.250. The molecule has 0 bridgehead atoms. The summed E-state index contributed by atoms with van der Waals surface area (Å²) in [5.74, 6) is 0.319. The largest absolute Gasteiger partial charge is 0.464 e. The first kappa shape index (κ1) is 14.8. The number of nitrogens with one attached hydrogen (secondary N) is 1. The Morgan fingerprint density at radius 3 is 2.62 bits per heavy atom. The number of anilines is 3. The number of nitrogens with zero attached hydrogens (tertiary/aromatic N) is 1. The molecule has 0 saturated heterocycles. The lowest BCUT2D eigenvalue weighted by atomic mass is 10.0. The van der Waals surface area contributed by atoms with Gasteiger partial charge in [0.1, 0.15) is 0 Å². The molecule has 0 atom stereocenters. The number of carbonyl (C=O) groups is 1. The zero-order valence-electron chi connectivity index (χ0n) is 12.4. The van der Waals surface area contributed by atoms with E-state index in [-0.39, 0.29) is 5.69 Å². The lowest BCUT2D eigenvalue weighted by Gasteiger charge is -2.15. The molecule has 0 aliphatic heterocycles. The van der Waals surface area contributed by atoms with Crippen LogP contribution in [0.1, 0.15) is 35.8 Å². The van der Waals surface area contributed by atoms with Gasteiger partial charge in [-0.1, -0.05) is 32.0 Å². The minimum Gasteiger partial charge on any atom is -0.464 e. The van der Waals surface area contributed by atoms with Crippen molar-refractivity contribution in [3.05, 3.63) is 47.7 Å². The summed E-state index contributed by atoms with van der Waals surface area (Å²) in [6.07, 6.45) is 0. The molecule has 0 unspecified atom stereocenters. The van der Waals surface area contributed by atoms with Gasteiger partial charge in [0.25, 0.3) is 0 Å². The van der Waals surface area contributed by atoms with E-state index in [0.29, 0.717) is 17.4 Å². The first-order valence-corrected chi connectivity index (χ1v) is 6.73. The van der Waals surface area contributed by atoms with Gasteiger partial charge in [-0.25, -0.2) is 9.78 Å². The van der Waals surface area contributed by atoms with Crippen LogP contribution in [-0.2, 0) is 4.74 Å². The highest BCUT2D eigenvalue weighted by Crippen LogP contribution is 2.28. The molecule has 2 aromatic rings. The fourth-order valence-electron chi connectivity index (χ4n) is 2.03. The van der Waals surface area contributed by atoms with Crippen LogP contribution in [0.3, 0.4) is 0 Å². The Bertz CT molecular complexity index is 654. The van der Waals surface area contributed by atoms with E-state index >= 15 is 0 Å². The van der Waals surface area contributed by atoms with Crippen molar-refractivity contribution in [1.29, 1.82) is 0 Å². The first-order chi connectivity index (χ1) is 10.0. The Kier molecular flexibility index (Phi) is 4.42. The van der Waals surface area contributed by atoms with Crippen molar-refractivity contribution in [1.82, 2.24) is 4.98 Å². The highest BCUT2D eigenvalue weighted by atomic mass is 16.5. The molecule has 5 nitrogen and oxygen atoms in total. The van der Waals surface area contributed by atoms with Crippen molar-refractivity contribution in [2.24, 2.45) is 0 Å². The van der Waals surface area contributed by atoms with Gasteiger partial charge in [0.05, 0.1) is 12.8 Å². The molecule has 21 heavy (non-hydrogen) atoms. The maximum absolute atomic E-state index is 11.6. The number of ether oxygens (including phenoxy) is 1. The van der Waals surface area contributed by atoms with Crippen molar-refractivity contribution in [3.8, 4) is 0 Å². The monoisotopic (exact) mass is 285 g/mol. The molecule has 0 saturated carbocycles. The average Bonchev–Trinajstić information content (AvgIpc) is 2.49. The van der Waals surface area contributed by atoms with Crippen LogP contribution in [-0.4, -0.2) is 18.1 Å². The van der Waals surface area contributed by atoms with Crippen molar-refractivity contribution < 1.29 is 9.53 Å². The maximum atomic E-state index is 11.6. The van der Waals surface area contributed by atoms with Crippen molar-refractivity contribution in [2.75, 3.05) is 18.2 Å². The standard InChI is InChI=1S/C16H19N3O2/c1-10(2)11-6-4-5-7-13(11)18-15-12(17)8-9-14(19-15)16(20)21-3/h4-10H,17H2,1-3H3,(H,18,19). The second-order valence-electron chi connectivity index (χ2n) is 4.99. The normalized spacial score (nSPS) is 10.5. The maximum Gasteiger partial charge on any atom is 0.356 e. The number of carbonyl (C=O) groups excluding carboxylic acids is 1. The number of hydrogen-bond acceptors (Lipinski definition) is 5. The molecule has 0 radical (unpaired) electrons. The highest BCUT2D eigenvalue weighted by molar-refractivity contribution is 5.89. The number of hydrogen-bond donors (Lipinski definition) is 2. The van der Waals surface area contributed by atoms with E-state index in [9.17, 15) is 4.79 Å². The van der Waals surface area contributed by atoms with Gasteiger partial charge in [-0.2, -0.15) is 0 Å². The predicted octanol–water partition coefficient (Wildman–Crippen LogP) is 3.32. The average molecular weight is 285 g/mol. The van der Waals surface area contributed by atoms with E-state index in [0.717, 1.165) is 11.3 Å². The van der Waals surface area contributed by atoms with Crippen LogP contribution in [0.4, 0.5) is 17.2 Å². The van der Waals surface area contributed by atoms with Gasteiger partial charge in [0.2, 0.25) is 0 Å². The molecule has 110 valence electrons. The van der Waals surface area contributed by atoms with Crippen LogP contribution >= 0.6 is 0 Å². The van der Waals surface area contributed by atoms with E-state index in [1.54, 1.807) is 12.1 Å². The number of aromatic nitrogens is 1. The summed E-state index contributed by atoms with van der Waals surface area (Å²) in [7, 11) is 1.32. The molecule has 5 heteroatoms. The molecule has 0 spiro atoms. The summed E-state index contributed by atoms with van der Waals surface area (Å²) >= 11 is 0. The zero-order valence-corrected chi connectivity index (χ0v) is 12.4. The molecule has 3 N–H and O–H groups in total. The van der Waals surface area contributed by atoms with E-state index in [2.05, 4.69) is 28.9 Å². The van der Waals surface area contributed by atoms with E-state index < -0.39 is 5.97 Å². The smallest absolute Gasteiger partial charge is 0.356 e. The second kappa shape index (κ2) is 6.26. The summed E-state index contributed by atoms with van der Waals surface area (Å²) in [6.45, 7) is 4.23. The van der Waals surface area contributed by atoms with Crippen LogP contribution in [0, 0.1) is 0 Å². The van der Waals surface area contributed by atoms with E-state index in [4.69, 9.17) is 5.73 Å². The third-order valence-electron chi connectivity index (χ3n) is 3.16. The minimum absolute atomic E-state index is 0.219. The number of pyridine rings is 1. The van der Waals surface area contributed by atoms with Crippen molar-refractivity contribution >= 4 is 23.2 Å². The minimum atomic E-state index is -0.491. The van der Waals surface area contributed by atoms with E-state index in [1.807, 2.05) is 24.3 Å². The third-order valence-corrected chi connectivity index (χ3v) is 3.16. The van der Waals surface area contributed by atoms with Crippen LogP contribution in [0.25, 0.3) is 0 Å². The zero-order chi connectivity index (χ0) is 15.4. The molecule has 1 heterocycles. The summed E-state index contributed by atoms with van der Waals surface area (Å²) in [5, 5.41) is 3.20. The number of esters is 1. The summed E-state index contributed by atoms with van der Waals surface area (Å²) in [5.41, 5.74) is 8.70. The summed E-state index contributed by atoms with van der Waals surface area (Å²) in [6, 6.07) is 11.1. The molecular weight excluding hydrogens is 266 g/mol. The van der Waals surface area contributed by atoms with E-state index in [1.165, 1.54) is 7.11 Å². The molecule has 0 aliphatic rings. The van der Waals surface area contributed by atoms with Crippen LogP contribution in [0.2, 0.25) is 0 Å². The quantitative estimate of drug-likeness (QED) is 0.843. The Morgan fingerprint density at radius 1 is 1.24 bits per heavy atom. The predicted molar refractivity (Wildman–Crippen MR) is 83.8 cm³/mol. The lowest BCUT2D eigenvalue weighted by molar-refractivity contribution is 0.0594. The van der Waals surface area contributed by atoms with Crippen LogP contribution in [0.5, 0.6) is 0 Å². The number of benzene rings is 1. The Hall–Kier alpha value is -2.56. The van der Waals surface area contributed by atoms with Gasteiger partial charge < -0.3 is 15.8 Å². The Labute approximate surface area is 124 Å². The second-order valence-corrected chi connectivity index (χ2v) is 4.99. The van der Waals surface area contributed by atoms with Gasteiger partial charge in [-0.3, -0.25) is 0 Å². The van der Waals surface area contributed by atoms with Gasteiger partial charge >= 0.3 is 5.97 Å². The molecule has 0 aliphatic carbocycles.